The van der Waals surface area contributed by atoms with Gasteiger partial charge in [0.25, 0.3) is 11.7 Å². The number of phenolic OH excluding ortho intramolecular Hbond substituents is 1. The first-order valence-corrected chi connectivity index (χ1v) is 10.4. The van der Waals surface area contributed by atoms with Crippen LogP contribution in [0.5, 0.6) is 11.5 Å². The van der Waals surface area contributed by atoms with Crippen LogP contribution in [-0.4, -0.2) is 52.7 Å². The van der Waals surface area contributed by atoms with E-state index in [4.69, 9.17) is 9.47 Å². The summed E-state index contributed by atoms with van der Waals surface area (Å²) in [6.45, 7) is 3.17. The third kappa shape index (κ3) is 4.14. The zero-order valence-corrected chi connectivity index (χ0v) is 17.3. The third-order valence-corrected chi connectivity index (χ3v) is 5.57. The molecule has 2 aromatic carbocycles. The minimum Gasteiger partial charge on any atom is -0.508 e. The van der Waals surface area contributed by atoms with Gasteiger partial charge in [0, 0.05) is 18.7 Å². The van der Waals surface area contributed by atoms with Crippen LogP contribution in [0.25, 0.3) is 5.76 Å². The Hall–Kier alpha value is -3.32. The van der Waals surface area contributed by atoms with Crippen LogP contribution < -0.4 is 4.74 Å². The molecule has 2 aliphatic rings. The van der Waals surface area contributed by atoms with Crippen molar-refractivity contribution in [1.29, 1.82) is 0 Å². The molecule has 31 heavy (non-hydrogen) atoms. The van der Waals surface area contributed by atoms with E-state index < -0.39 is 17.7 Å². The van der Waals surface area contributed by atoms with E-state index in [0.717, 1.165) is 12.8 Å². The molecule has 162 valence electrons. The summed E-state index contributed by atoms with van der Waals surface area (Å²) in [5, 5.41) is 21.1. The second-order valence-electron chi connectivity index (χ2n) is 7.64. The van der Waals surface area contributed by atoms with Crippen LogP contribution in [-0.2, 0) is 14.3 Å². The fourth-order valence-corrected chi connectivity index (χ4v) is 4.17. The smallest absolute Gasteiger partial charge is 0.295 e. The van der Waals surface area contributed by atoms with Crippen LogP contribution in [0.15, 0.2) is 54.1 Å². The van der Waals surface area contributed by atoms with E-state index in [2.05, 4.69) is 0 Å². The third-order valence-electron chi connectivity index (χ3n) is 5.57. The number of carbonyl (C=O) groups excluding carboxylic acids is 2. The Labute approximate surface area is 180 Å². The molecule has 2 saturated heterocycles. The number of ether oxygens (including phenoxy) is 2. The summed E-state index contributed by atoms with van der Waals surface area (Å²) < 4.78 is 11.2. The molecular weight excluding hydrogens is 398 g/mol. The number of carbonyl (C=O) groups is 2. The van der Waals surface area contributed by atoms with Gasteiger partial charge in [-0.1, -0.05) is 24.3 Å². The van der Waals surface area contributed by atoms with Gasteiger partial charge in [0.1, 0.15) is 17.3 Å². The van der Waals surface area contributed by atoms with Crippen molar-refractivity contribution in [3.63, 3.8) is 0 Å². The predicted octanol–water partition coefficient (Wildman–Crippen LogP) is 3.39. The van der Waals surface area contributed by atoms with E-state index in [-0.39, 0.29) is 29.7 Å². The lowest BCUT2D eigenvalue weighted by atomic mass is 9.95. The lowest BCUT2D eigenvalue weighted by molar-refractivity contribution is -0.140. The molecule has 0 bridgehead atoms. The summed E-state index contributed by atoms with van der Waals surface area (Å²) in [6.07, 6.45) is 1.53. The number of benzene rings is 2. The van der Waals surface area contributed by atoms with Crippen molar-refractivity contribution in [3.05, 3.63) is 65.2 Å². The first-order chi connectivity index (χ1) is 15.0. The SMILES string of the molecule is CCOc1cccc(/C(O)=C2/C(=O)C(=O)N(CC3CCCO3)C2c2cccc(O)c2)c1. The lowest BCUT2D eigenvalue weighted by Gasteiger charge is -2.27. The summed E-state index contributed by atoms with van der Waals surface area (Å²) in [5.74, 6) is -1.16. The van der Waals surface area contributed by atoms with Gasteiger partial charge in [-0.2, -0.15) is 0 Å². The van der Waals surface area contributed by atoms with E-state index in [9.17, 15) is 19.8 Å². The van der Waals surface area contributed by atoms with Gasteiger partial charge in [0.15, 0.2) is 0 Å². The molecule has 4 rings (SSSR count). The number of aromatic hydroxyl groups is 1. The molecule has 2 atom stereocenters. The Morgan fingerprint density at radius 2 is 2.00 bits per heavy atom. The molecule has 2 unspecified atom stereocenters. The Morgan fingerprint density at radius 1 is 1.19 bits per heavy atom. The molecule has 2 heterocycles. The Balaban J connectivity index is 1.81. The maximum Gasteiger partial charge on any atom is 0.295 e. The second kappa shape index (κ2) is 8.81. The fourth-order valence-electron chi connectivity index (χ4n) is 4.17. The van der Waals surface area contributed by atoms with E-state index >= 15 is 0 Å². The molecule has 2 aliphatic heterocycles. The van der Waals surface area contributed by atoms with E-state index in [1.807, 2.05) is 6.92 Å². The van der Waals surface area contributed by atoms with Gasteiger partial charge >= 0.3 is 0 Å². The maximum atomic E-state index is 13.0. The average Bonchev–Trinajstić information content (AvgIpc) is 3.36. The van der Waals surface area contributed by atoms with Gasteiger partial charge in [-0.05, 0) is 49.6 Å². The quantitative estimate of drug-likeness (QED) is 0.420. The normalized spacial score (nSPS) is 22.8. The molecule has 2 aromatic rings. The highest BCUT2D eigenvalue weighted by Gasteiger charge is 2.47. The van der Waals surface area contributed by atoms with Gasteiger partial charge in [-0.15, -0.1) is 0 Å². The molecule has 0 radical (unpaired) electrons. The number of rotatable bonds is 6. The molecule has 7 nitrogen and oxygen atoms in total. The monoisotopic (exact) mass is 423 g/mol. The first-order valence-electron chi connectivity index (χ1n) is 10.4. The van der Waals surface area contributed by atoms with E-state index in [0.29, 0.717) is 30.1 Å². The Morgan fingerprint density at radius 3 is 2.71 bits per heavy atom. The van der Waals surface area contributed by atoms with E-state index in [1.54, 1.807) is 36.4 Å². The van der Waals surface area contributed by atoms with Crippen molar-refractivity contribution in [3.8, 4) is 11.5 Å². The highest BCUT2D eigenvalue weighted by Crippen LogP contribution is 2.41. The van der Waals surface area contributed by atoms with Crippen LogP contribution in [0.1, 0.15) is 36.9 Å². The molecule has 1 amide bonds. The number of aliphatic hydroxyl groups excluding tert-OH is 1. The molecular formula is C24H25NO6. The molecule has 0 aromatic heterocycles. The number of hydrogen-bond donors (Lipinski definition) is 2. The van der Waals surface area contributed by atoms with Crippen molar-refractivity contribution in [2.45, 2.75) is 31.9 Å². The standard InChI is InChI=1S/C24H25NO6/c1-2-30-18-9-4-7-16(13-18)22(27)20-21(15-6-3-8-17(26)12-15)25(24(29)23(20)28)14-19-10-5-11-31-19/h3-4,6-9,12-13,19,21,26-27H,2,5,10-11,14H2,1H3/b22-20-. The summed E-state index contributed by atoms with van der Waals surface area (Å²) in [7, 11) is 0. The average molecular weight is 423 g/mol. The van der Waals surface area contributed by atoms with Crippen LogP contribution in [0, 0.1) is 0 Å². The number of aliphatic hydroxyl groups is 1. The van der Waals surface area contributed by atoms with Crippen molar-refractivity contribution in [2.75, 3.05) is 19.8 Å². The molecule has 2 N–H and O–H groups in total. The fraction of sp³-hybridized carbons (Fsp3) is 0.333. The molecule has 2 fully saturated rings. The minimum absolute atomic E-state index is 0.0118. The molecule has 0 saturated carbocycles. The number of nitrogens with zero attached hydrogens (tertiary/aromatic N) is 1. The zero-order chi connectivity index (χ0) is 22.0. The van der Waals surface area contributed by atoms with Gasteiger partial charge < -0.3 is 24.6 Å². The number of hydrogen-bond acceptors (Lipinski definition) is 6. The number of ketones is 1. The molecule has 7 heteroatoms. The second-order valence-corrected chi connectivity index (χ2v) is 7.64. The lowest BCUT2D eigenvalue weighted by Crippen LogP contribution is -2.36. The summed E-state index contributed by atoms with van der Waals surface area (Å²) in [6, 6.07) is 12.3. The van der Waals surface area contributed by atoms with Gasteiger partial charge in [0.2, 0.25) is 0 Å². The largest absolute Gasteiger partial charge is 0.508 e. The highest BCUT2D eigenvalue weighted by atomic mass is 16.5. The minimum atomic E-state index is -0.827. The van der Waals surface area contributed by atoms with Gasteiger partial charge in [-0.25, -0.2) is 0 Å². The summed E-state index contributed by atoms with van der Waals surface area (Å²) in [4.78, 5) is 27.4. The summed E-state index contributed by atoms with van der Waals surface area (Å²) in [5.41, 5.74) is 0.910. The Bertz CT molecular complexity index is 1020. The molecule has 0 aliphatic carbocycles. The van der Waals surface area contributed by atoms with Gasteiger partial charge in [0.05, 0.1) is 24.3 Å². The van der Waals surface area contributed by atoms with Crippen molar-refractivity contribution < 1.29 is 29.3 Å². The number of likely N-dealkylation sites (tertiary alicyclic amines) is 1. The van der Waals surface area contributed by atoms with Crippen LogP contribution in [0.3, 0.4) is 0 Å². The van der Waals surface area contributed by atoms with Crippen molar-refractivity contribution in [2.24, 2.45) is 0 Å². The van der Waals surface area contributed by atoms with E-state index in [1.165, 1.54) is 17.0 Å². The summed E-state index contributed by atoms with van der Waals surface area (Å²) >= 11 is 0. The predicted molar refractivity (Wildman–Crippen MR) is 114 cm³/mol. The van der Waals surface area contributed by atoms with Crippen LogP contribution in [0.2, 0.25) is 0 Å². The van der Waals surface area contributed by atoms with Crippen molar-refractivity contribution in [1.82, 2.24) is 4.90 Å². The van der Waals surface area contributed by atoms with Crippen LogP contribution in [0.4, 0.5) is 0 Å². The Kier molecular flexibility index (Phi) is 5.95. The van der Waals surface area contributed by atoms with Crippen molar-refractivity contribution >= 4 is 17.4 Å². The first kappa shape index (κ1) is 20.9. The zero-order valence-electron chi connectivity index (χ0n) is 17.3. The highest BCUT2D eigenvalue weighted by molar-refractivity contribution is 6.46. The topological polar surface area (TPSA) is 96.3 Å². The van der Waals surface area contributed by atoms with Gasteiger partial charge in [-0.3, -0.25) is 9.59 Å². The number of Topliss-reactive ketones (excluding diaryl/α,β-unsaturated/α-hetero) is 1. The number of amides is 1. The maximum absolute atomic E-state index is 13.0. The van der Waals surface area contributed by atoms with Crippen LogP contribution >= 0.6 is 0 Å². The number of phenols is 1. The molecule has 0 spiro atoms.